The molecular weight excluding hydrogens is 552 g/mol. The highest BCUT2D eigenvalue weighted by Gasteiger charge is 2.42. The monoisotopic (exact) mass is 576 g/mol. The molecule has 8 nitrogen and oxygen atoms in total. The number of aromatic nitrogens is 1. The van der Waals surface area contributed by atoms with Gasteiger partial charge in [-0.1, -0.05) is 60.7 Å². The number of rotatable bonds is 7. The van der Waals surface area contributed by atoms with Crippen molar-refractivity contribution in [3.63, 3.8) is 0 Å². The first-order chi connectivity index (χ1) is 17.6. The summed E-state index contributed by atoms with van der Waals surface area (Å²) in [7, 11) is -3.21. The van der Waals surface area contributed by atoms with E-state index >= 15 is 0 Å². The Morgan fingerprint density at radius 1 is 1.32 bits per heavy atom. The van der Waals surface area contributed by atoms with Gasteiger partial charge in [0.2, 0.25) is 0 Å². The summed E-state index contributed by atoms with van der Waals surface area (Å²) in [6.07, 6.45) is 2.62. The number of carbonyl (C=O) groups excluding carboxylic acids is 1. The van der Waals surface area contributed by atoms with Crippen molar-refractivity contribution in [3.05, 3.63) is 66.8 Å². The topological polar surface area (TPSA) is 112 Å². The molecule has 12 heteroatoms. The molecule has 0 aliphatic carbocycles. The number of thiocarbonyl (C=S) groups is 1. The number of hydrogen-bond acceptors (Lipinski definition) is 8. The lowest BCUT2D eigenvalue weighted by Crippen LogP contribution is -2.39. The van der Waals surface area contributed by atoms with Crippen LogP contribution in [-0.2, 0) is 27.7 Å². The summed E-state index contributed by atoms with van der Waals surface area (Å²) in [5, 5.41) is 13.6. The van der Waals surface area contributed by atoms with Gasteiger partial charge in [-0.3, -0.25) is 19.1 Å². The molecule has 1 aromatic carbocycles. The molecule has 3 heterocycles. The normalized spacial score (nSPS) is 20.0. The number of hydrogen-bond donors (Lipinski definition) is 1. The van der Waals surface area contributed by atoms with Crippen molar-refractivity contribution in [1.82, 2.24) is 9.47 Å². The molecule has 1 aromatic heterocycles. The number of benzene rings is 1. The number of halogens is 1. The molecule has 37 heavy (non-hydrogen) atoms. The Hall–Kier alpha value is -2.65. The molecule has 2 saturated heterocycles. The van der Waals surface area contributed by atoms with Crippen LogP contribution in [0.25, 0.3) is 6.08 Å². The molecule has 0 bridgehead atoms. The molecule has 4 rings (SSSR count). The summed E-state index contributed by atoms with van der Waals surface area (Å²) >= 11 is 12.9. The summed E-state index contributed by atoms with van der Waals surface area (Å²) in [5.74, 6) is 0.00429. The van der Waals surface area contributed by atoms with Crippen molar-refractivity contribution in [2.45, 2.75) is 45.8 Å². The van der Waals surface area contributed by atoms with Crippen LogP contribution in [0.3, 0.4) is 0 Å². The van der Waals surface area contributed by atoms with Crippen LogP contribution in [0, 0.1) is 18.3 Å². The van der Waals surface area contributed by atoms with Crippen LogP contribution in [-0.4, -0.2) is 45.7 Å². The third-order valence-electron chi connectivity index (χ3n) is 6.40. The smallest absolute Gasteiger partial charge is 0.270 e. The van der Waals surface area contributed by atoms with Crippen molar-refractivity contribution in [2.75, 3.05) is 16.8 Å². The van der Waals surface area contributed by atoms with Crippen molar-refractivity contribution < 1.29 is 13.2 Å². The Morgan fingerprint density at radius 3 is 2.68 bits per heavy atom. The summed E-state index contributed by atoms with van der Waals surface area (Å²) in [6.45, 7) is 4.28. The number of nitrogens with zero attached hydrogens (tertiary/aromatic N) is 3. The van der Waals surface area contributed by atoms with E-state index in [2.05, 4.69) is 5.32 Å². The third-order valence-corrected chi connectivity index (χ3v) is 9.85. The van der Waals surface area contributed by atoms with Gasteiger partial charge in [0, 0.05) is 23.7 Å². The van der Waals surface area contributed by atoms with Gasteiger partial charge < -0.3 is 5.32 Å². The molecule has 0 saturated carbocycles. The van der Waals surface area contributed by atoms with E-state index in [9.17, 15) is 23.3 Å². The van der Waals surface area contributed by atoms with E-state index in [1.54, 1.807) is 19.1 Å². The minimum absolute atomic E-state index is 0.000332. The van der Waals surface area contributed by atoms with E-state index < -0.39 is 21.4 Å². The second-order valence-corrected chi connectivity index (χ2v) is 13.2. The predicted octanol–water partition coefficient (Wildman–Crippen LogP) is 4.09. The molecule has 1 amide bonds. The minimum atomic E-state index is -3.21. The number of nitriles is 1. The Morgan fingerprint density at radius 2 is 2.05 bits per heavy atom. The molecule has 0 radical (unpaired) electrons. The van der Waals surface area contributed by atoms with E-state index in [1.165, 1.54) is 9.47 Å². The zero-order valence-electron chi connectivity index (χ0n) is 20.3. The third kappa shape index (κ3) is 5.48. The fourth-order valence-electron chi connectivity index (χ4n) is 4.52. The molecule has 2 aliphatic rings. The zero-order valence-corrected chi connectivity index (χ0v) is 23.5. The van der Waals surface area contributed by atoms with Crippen molar-refractivity contribution in [2.24, 2.45) is 0 Å². The van der Waals surface area contributed by atoms with Crippen LogP contribution < -0.4 is 10.9 Å². The molecule has 2 fully saturated rings. The fraction of sp³-hybridized carbons (Fsp3) is 0.360. The molecule has 1 atom stereocenters. The number of thioether (sulfide) groups is 1. The first-order valence-electron chi connectivity index (χ1n) is 11.7. The summed E-state index contributed by atoms with van der Waals surface area (Å²) in [4.78, 5) is 28.3. The number of carbonyl (C=O) groups is 1. The van der Waals surface area contributed by atoms with Crippen molar-refractivity contribution in [1.29, 1.82) is 5.26 Å². The van der Waals surface area contributed by atoms with Gasteiger partial charge in [-0.05, 0) is 43.0 Å². The molecule has 1 N–H and O–H groups in total. The SMILES string of the molecule is CCCn1c(NCc2ccccc2Cl)c(/C=C2/SC(=S)N(C3CCS(=O)(=O)C3)C2=O)c(C)c(C#N)c1=O. The summed E-state index contributed by atoms with van der Waals surface area (Å²) in [6, 6.07) is 8.85. The van der Waals surface area contributed by atoms with Crippen LogP contribution in [0.1, 0.15) is 42.0 Å². The van der Waals surface area contributed by atoms with E-state index in [4.69, 9.17) is 23.8 Å². The summed E-state index contributed by atoms with van der Waals surface area (Å²) < 4.78 is 25.8. The standard InChI is InChI=1S/C25H25ClN4O4S3/c1-3-9-29-22(28-13-16-6-4-5-7-20(16)26)18(15(2)19(12-27)23(29)31)11-21-24(32)30(25(35)36-21)17-8-10-37(33,34)14-17/h4-7,11,17,28H,3,8-10,13-14H2,1-2H3/b21-11+. The number of nitrogens with one attached hydrogen (secondary N) is 1. The van der Waals surface area contributed by atoms with Crippen LogP contribution in [0.15, 0.2) is 34.0 Å². The lowest BCUT2D eigenvalue weighted by Gasteiger charge is -2.21. The largest absolute Gasteiger partial charge is 0.367 e. The van der Waals surface area contributed by atoms with Gasteiger partial charge >= 0.3 is 0 Å². The van der Waals surface area contributed by atoms with Crippen molar-refractivity contribution >= 4 is 67.5 Å². The van der Waals surface area contributed by atoms with Crippen LogP contribution in [0.4, 0.5) is 5.82 Å². The second kappa shape index (κ2) is 11.0. The van der Waals surface area contributed by atoms with E-state index in [0.29, 0.717) is 57.1 Å². The average Bonchev–Trinajstić information content (AvgIpc) is 3.34. The first-order valence-corrected chi connectivity index (χ1v) is 15.1. The van der Waals surface area contributed by atoms with E-state index in [-0.39, 0.29) is 23.0 Å². The first kappa shape index (κ1) is 27.4. The zero-order chi connectivity index (χ0) is 26.9. The van der Waals surface area contributed by atoms with Gasteiger partial charge in [0.05, 0.1) is 22.5 Å². The van der Waals surface area contributed by atoms with Gasteiger partial charge in [-0.15, -0.1) is 0 Å². The quantitative estimate of drug-likeness (QED) is 0.387. The van der Waals surface area contributed by atoms with Gasteiger partial charge in [0.25, 0.3) is 11.5 Å². The predicted molar refractivity (Wildman–Crippen MR) is 151 cm³/mol. The molecule has 2 aromatic rings. The van der Waals surface area contributed by atoms with Gasteiger partial charge in [0.1, 0.15) is 21.8 Å². The number of sulfone groups is 1. The highest BCUT2D eigenvalue weighted by Crippen LogP contribution is 2.38. The number of anilines is 1. The highest BCUT2D eigenvalue weighted by molar-refractivity contribution is 8.26. The Bertz CT molecular complexity index is 1530. The van der Waals surface area contributed by atoms with E-state index in [1.807, 2.05) is 31.2 Å². The van der Waals surface area contributed by atoms with Gasteiger partial charge in [-0.2, -0.15) is 5.26 Å². The molecule has 1 unspecified atom stereocenters. The minimum Gasteiger partial charge on any atom is -0.367 e. The maximum absolute atomic E-state index is 13.4. The molecule has 2 aliphatic heterocycles. The van der Waals surface area contributed by atoms with Gasteiger partial charge in [0.15, 0.2) is 9.84 Å². The van der Waals surface area contributed by atoms with E-state index in [0.717, 1.165) is 17.3 Å². The molecular formula is C25H25ClN4O4S3. The maximum atomic E-state index is 13.4. The van der Waals surface area contributed by atoms with Crippen LogP contribution >= 0.6 is 35.6 Å². The fourth-order valence-corrected chi connectivity index (χ4v) is 7.80. The molecule has 194 valence electrons. The van der Waals surface area contributed by atoms with Crippen LogP contribution in [0.2, 0.25) is 5.02 Å². The Labute approximate surface area is 230 Å². The maximum Gasteiger partial charge on any atom is 0.270 e. The lowest BCUT2D eigenvalue weighted by molar-refractivity contribution is -0.123. The second-order valence-electron chi connectivity index (χ2n) is 8.88. The van der Waals surface area contributed by atoms with Gasteiger partial charge in [-0.25, -0.2) is 8.42 Å². The van der Waals surface area contributed by atoms with Crippen LogP contribution in [0.5, 0.6) is 0 Å². The highest BCUT2D eigenvalue weighted by atomic mass is 35.5. The Kier molecular flexibility index (Phi) is 8.14. The molecule has 0 spiro atoms. The van der Waals surface area contributed by atoms with Crippen molar-refractivity contribution in [3.8, 4) is 6.07 Å². The number of pyridine rings is 1. The summed E-state index contributed by atoms with van der Waals surface area (Å²) in [5.41, 5.74) is 1.37. The number of amides is 1. The average molecular weight is 577 g/mol. The lowest BCUT2D eigenvalue weighted by atomic mass is 10.0. The Balaban J connectivity index is 1.81.